The van der Waals surface area contributed by atoms with Crippen molar-refractivity contribution in [2.75, 3.05) is 12.5 Å². The third-order valence-electron chi connectivity index (χ3n) is 6.17. The molecule has 1 aliphatic heterocycles. The van der Waals surface area contributed by atoms with Gasteiger partial charge in [0.25, 0.3) is 11.8 Å². The highest BCUT2D eigenvalue weighted by Crippen LogP contribution is 2.40. The van der Waals surface area contributed by atoms with E-state index in [1.54, 1.807) is 18.2 Å². The van der Waals surface area contributed by atoms with E-state index in [1.807, 2.05) is 45.0 Å². The van der Waals surface area contributed by atoms with Crippen molar-refractivity contribution in [3.63, 3.8) is 0 Å². The molecule has 2 aromatic rings. The van der Waals surface area contributed by atoms with E-state index in [1.165, 1.54) is 23.6 Å². The fourth-order valence-corrected chi connectivity index (χ4v) is 5.66. The van der Waals surface area contributed by atoms with Gasteiger partial charge in [-0.15, -0.1) is 11.8 Å². The van der Waals surface area contributed by atoms with E-state index in [2.05, 4.69) is 10.6 Å². The second kappa shape index (κ2) is 12.4. The molecular weight excluding hydrogens is 537 g/mol. The predicted octanol–water partition coefficient (Wildman–Crippen LogP) is 3.54. The van der Waals surface area contributed by atoms with Crippen LogP contribution in [0.2, 0.25) is 10.0 Å². The second-order valence-electron chi connectivity index (χ2n) is 9.37. The number of carbonyl (C=O) groups excluding carboxylic acids is 3. The van der Waals surface area contributed by atoms with Gasteiger partial charge in [-0.05, 0) is 51.0 Å². The van der Waals surface area contributed by atoms with Crippen LogP contribution in [0.25, 0.3) is 0 Å². The molecule has 200 valence electrons. The first-order valence-electron chi connectivity index (χ1n) is 11.7. The van der Waals surface area contributed by atoms with Gasteiger partial charge in [-0.2, -0.15) is 0 Å². The highest BCUT2D eigenvalue weighted by molar-refractivity contribution is 8.00. The van der Waals surface area contributed by atoms with E-state index in [-0.39, 0.29) is 27.6 Å². The van der Waals surface area contributed by atoms with Crippen LogP contribution >= 0.6 is 35.0 Å². The quantitative estimate of drug-likeness (QED) is 0.427. The molecule has 37 heavy (non-hydrogen) atoms. The van der Waals surface area contributed by atoms with E-state index in [0.717, 1.165) is 11.1 Å². The van der Waals surface area contributed by atoms with E-state index in [0.29, 0.717) is 6.54 Å². The van der Waals surface area contributed by atoms with E-state index < -0.39 is 41.4 Å². The van der Waals surface area contributed by atoms with Gasteiger partial charge in [0.05, 0.1) is 22.0 Å². The Bertz CT molecular complexity index is 1140. The van der Waals surface area contributed by atoms with Crippen LogP contribution in [0.15, 0.2) is 42.5 Å². The van der Waals surface area contributed by atoms with Crippen molar-refractivity contribution in [2.24, 2.45) is 0 Å². The first-order chi connectivity index (χ1) is 17.4. The number of nitrogens with one attached hydrogen (secondary N) is 2. The molecule has 2 aromatic carbocycles. The average molecular weight is 569 g/mol. The zero-order valence-corrected chi connectivity index (χ0v) is 23.4. The highest BCUT2D eigenvalue weighted by atomic mass is 35.5. The summed E-state index contributed by atoms with van der Waals surface area (Å²) in [5, 5.41) is 16.7. The molecule has 8 nitrogen and oxygen atoms in total. The topological polar surface area (TPSA) is 108 Å². The molecule has 0 saturated carbocycles. The van der Waals surface area contributed by atoms with Crippen molar-refractivity contribution in [1.82, 2.24) is 15.5 Å². The molecule has 0 aliphatic carbocycles. The number of aliphatic hydroxyl groups excluding tert-OH is 1. The number of thioether (sulfide) groups is 1. The number of hydrogen-bond donors (Lipinski definition) is 3. The zero-order valence-electron chi connectivity index (χ0n) is 21.1. The van der Waals surface area contributed by atoms with Crippen LogP contribution in [0.5, 0.6) is 5.75 Å². The number of carbonyl (C=O) groups is 3. The summed E-state index contributed by atoms with van der Waals surface area (Å²) >= 11 is 13.5. The van der Waals surface area contributed by atoms with Crippen molar-refractivity contribution >= 4 is 52.7 Å². The largest absolute Gasteiger partial charge is 0.481 e. The van der Waals surface area contributed by atoms with E-state index in [4.69, 9.17) is 27.9 Å². The Morgan fingerprint density at radius 2 is 1.81 bits per heavy atom. The van der Waals surface area contributed by atoms with Crippen LogP contribution < -0.4 is 15.4 Å². The Balaban J connectivity index is 1.60. The lowest BCUT2D eigenvalue weighted by Crippen LogP contribution is -2.58. The fraction of sp³-hybridized carbons (Fsp3) is 0.423. The molecule has 3 rings (SSSR count). The Morgan fingerprint density at radius 3 is 2.46 bits per heavy atom. The minimum Gasteiger partial charge on any atom is -0.481 e. The number of amides is 3. The summed E-state index contributed by atoms with van der Waals surface area (Å²) in [4.78, 5) is 40.2. The van der Waals surface area contributed by atoms with Crippen LogP contribution in [0.3, 0.4) is 0 Å². The van der Waals surface area contributed by atoms with Crippen LogP contribution in [-0.2, 0) is 20.9 Å². The fourth-order valence-electron chi connectivity index (χ4n) is 4.02. The van der Waals surface area contributed by atoms with Crippen molar-refractivity contribution < 1.29 is 24.2 Å². The van der Waals surface area contributed by atoms with Crippen LogP contribution in [0.1, 0.15) is 31.9 Å². The van der Waals surface area contributed by atoms with Gasteiger partial charge >= 0.3 is 0 Å². The van der Waals surface area contributed by atoms with Crippen LogP contribution in [0, 0.1) is 6.92 Å². The minimum absolute atomic E-state index is 0.168. The lowest BCUT2D eigenvalue weighted by molar-refractivity contribution is -0.147. The molecule has 0 spiro atoms. The Morgan fingerprint density at radius 1 is 1.16 bits per heavy atom. The lowest BCUT2D eigenvalue weighted by Gasteiger charge is -2.32. The van der Waals surface area contributed by atoms with Crippen LogP contribution in [0.4, 0.5) is 0 Å². The molecule has 3 N–H and O–H groups in total. The summed E-state index contributed by atoms with van der Waals surface area (Å²) < 4.78 is 4.84. The number of aryl methyl sites for hydroxylation is 1. The lowest BCUT2D eigenvalue weighted by atomic mass is 9.99. The number of halogens is 2. The number of aliphatic hydroxyl groups is 1. The van der Waals surface area contributed by atoms with Gasteiger partial charge in [-0.3, -0.25) is 14.4 Å². The highest BCUT2D eigenvalue weighted by Gasteiger charge is 2.49. The smallest absolute Gasteiger partial charge is 0.258 e. The van der Waals surface area contributed by atoms with Gasteiger partial charge in [-0.1, -0.05) is 53.5 Å². The predicted molar refractivity (Wildman–Crippen MR) is 146 cm³/mol. The summed E-state index contributed by atoms with van der Waals surface area (Å²) in [5.74, 6) is -1.11. The maximum atomic E-state index is 13.2. The molecule has 0 radical (unpaired) electrons. The third kappa shape index (κ3) is 7.10. The molecule has 1 heterocycles. The zero-order chi connectivity index (χ0) is 27.3. The van der Waals surface area contributed by atoms with E-state index in [9.17, 15) is 19.5 Å². The third-order valence-corrected chi connectivity index (χ3v) is 8.14. The van der Waals surface area contributed by atoms with Gasteiger partial charge in [0.2, 0.25) is 5.91 Å². The van der Waals surface area contributed by atoms with Crippen molar-refractivity contribution in [3.8, 4) is 5.75 Å². The Hall–Kier alpha value is -2.46. The maximum absolute atomic E-state index is 13.2. The van der Waals surface area contributed by atoms with Crippen LogP contribution in [-0.4, -0.2) is 63.1 Å². The number of hydrogen-bond acceptors (Lipinski definition) is 6. The van der Waals surface area contributed by atoms with Gasteiger partial charge in [0, 0.05) is 11.3 Å². The van der Waals surface area contributed by atoms with Crippen molar-refractivity contribution in [1.29, 1.82) is 0 Å². The molecule has 3 amide bonds. The maximum Gasteiger partial charge on any atom is 0.258 e. The standard InChI is InChI=1S/C26H31Cl2N3O5S/c1-15-8-5-6-9-17(15)12-29-24(34)23-26(3,4)37-14-31(23)25(35)21(33)16(2)30-20(32)13-36-22-18(27)10-7-11-19(22)28/h5-11,16,21,23,33H,12-14H2,1-4H3,(H,29,34)(H,30,32). The monoisotopic (exact) mass is 567 g/mol. The number of ether oxygens (including phenoxy) is 1. The molecule has 3 unspecified atom stereocenters. The van der Waals surface area contributed by atoms with Gasteiger partial charge < -0.3 is 25.4 Å². The average Bonchev–Trinajstić information content (AvgIpc) is 3.16. The number of nitrogens with zero attached hydrogens (tertiary/aromatic N) is 1. The van der Waals surface area contributed by atoms with Crippen molar-refractivity contribution in [2.45, 2.75) is 57.2 Å². The van der Waals surface area contributed by atoms with Gasteiger partial charge in [0.1, 0.15) is 6.04 Å². The molecule has 1 fully saturated rings. The van der Waals surface area contributed by atoms with Gasteiger partial charge in [-0.25, -0.2) is 0 Å². The first-order valence-corrected chi connectivity index (χ1v) is 13.5. The Labute approximate surface area is 231 Å². The number of para-hydroxylation sites is 1. The minimum atomic E-state index is -1.56. The SMILES string of the molecule is Cc1ccccc1CNC(=O)C1N(C(=O)C(O)C(C)NC(=O)COc2c(Cl)cccc2Cl)CSC1(C)C. The van der Waals surface area contributed by atoms with E-state index >= 15 is 0 Å². The normalized spacial score (nSPS) is 18.1. The summed E-state index contributed by atoms with van der Waals surface area (Å²) in [6.45, 7) is 7.16. The first kappa shape index (κ1) is 29.1. The summed E-state index contributed by atoms with van der Waals surface area (Å²) in [7, 11) is 0. The number of benzene rings is 2. The molecule has 0 bridgehead atoms. The summed E-state index contributed by atoms with van der Waals surface area (Å²) in [5.41, 5.74) is 2.03. The van der Waals surface area contributed by atoms with Crippen molar-refractivity contribution in [3.05, 3.63) is 63.6 Å². The molecule has 1 aliphatic rings. The molecular formula is C26H31Cl2N3O5S. The molecule has 1 saturated heterocycles. The molecule has 11 heteroatoms. The number of rotatable bonds is 9. The second-order valence-corrected chi connectivity index (χ2v) is 11.8. The summed E-state index contributed by atoms with van der Waals surface area (Å²) in [6, 6.07) is 10.8. The van der Waals surface area contributed by atoms with Gasteiger partial charge in [0.15, 0.2) is 18.5 Å². The molecule has 3 atom stereocenters. The summed E-state index contributed by atoms with van der Waals surface area (Å²) in [6.07, 6.45) is -1.56. The Kier molecular flexibility index (Phi) is 9.74. The molecule has 0 aromatic heterocycles.